The van der Waals surface area contributed by atoms with Gasteiger partial charge in [0.25, 0.3) is 5.91 Å². The number of hydrogen-bond acceptors (Lipinski definition) is 8. The fourth-order valence-electron chi connectivity index (χ4n) is 3.61. The average molecular weight is 484 g/mol. The van der Waals surface area contributed by atoms with E-state index in [1.165, 1.54) is 12.7 Å². The molecule has 0 radical (unpaired) electrons. The second-order valence-corrected chi connectivity index (χ2v) is 9.96. The predicted molar refractivity (Wildman–Crippen MR) is 139 cm³/mol. The zero-order valence-electron chi connectivity index (χ0n) is 20.8. The quantitative estimate of drug-likeness (QED) is 0.348. The molecule has 36 heavy (non-hydrogen) atoms. The first-order chi connectivity index (χ1) is 17.3. The molecule has 5 rings (SSSR count). The van der Waals surface area contributed by atoms with Crippen molar-refractivity contribution in [3.05, 3.63) is 72.1 Å². The summed E-state index contributed by atoms with van der Waals surface area (Å²) in [5.74, 6) is 1.62. The molecule has 1 amide bonds. The number of hydrogen-bond donors (Lipinski definition) is 3. The van der Waals surface area contributed by atoms with Crippen LogP contribution in [0.15, 0.2) is 55.2 Å². The first kappa shape index (κ1) is 23.4. The molecular formula is C26H29N9O. The summed E-state index contributed by atoms with van der Waals surface area (Å²) in [5.41, 5.74) is 3.71. The topological polar surface area (TPSA) is 123 Å². The third-order valence-electron chi connectivity index (χ3n) is 5.88. The van der Waals surface area contributed by atoms with Gasteiger partial charge in [0.1, 0.15) is 18.5 Å². The molecule has 3 N–H and O–H groups in total. The Morgan fingerprint density at radius 3 is 2.61 bits per heavy atom. The number of benzene rings is 1. The molecule has 1 aliphatic carbocycles. The lowest BCUT2D eigenvalue weighted by Gasteiger charge is -2.18. The Bertz CT molecular complexity index is 1400. The zero-order valence-corrected chi connectivity index (χ0v) is 20.8. The summed E-state index contributed by atoms with van der Waals surface area (Å²) in [7, 11) is 0. The van der Waals surface area contributed by atoms with E-state index < -0.39 is 0 Å². The highest BCUT2D eigenvalue weighted by Gasteiger charge is 2.22. The number of anilines is 4. The standard InChI is InChI=1S/C26H29N9O/c1-16-5-6-17(24(36)33-19-9-10-27-21(12-19)26(2,3)4)11-20(16)34-25-30-15-31-35(25)23-13-22(28-14-29-23)32-18-7-8-18/h5-6,9-15,18H,7-8H2,1-4H3,(H,27,33,36)(H,28,29,32)(H,30,31,34). The van der Waals surface area contributed by atoms with Gasteiger partial charge in [0.2, 0.25) is 5.95 Å². The van der Waals surface area contributed by atoms with Gasteiger partial charge in [0, 0.05) is 46.4 Å². The molecule has 3 aromatic heterocycles. The Morgan fingerprint density at radius 1 is 1.00 bits per heavy atom. The van der Waals surface area contributed by atoms with Crippen LogP contribution in [0.25, 0.3) is 5.82 Å². The van der Waals surface area contributed by atoms with Gasteiger partial charge in [-0.15, -0.1) is 0 Å². The van der Waals surface area contributed by atoms with Gasteiger partial charge in [0.05, 0.1) is 0 Å². The fourth-order valence-corrected chi connectivity index (χ4v) is 3.61. The lowest BCUT2D eigenvalue weighted by atomic mass is 9.91. The number of aryl methyl sites for hydroxylation is 1. The molecule has 0 spiro atoms. The maximum atomic E-state index is 13.0. The number of carbonyl (C=O) groups excluding carboxylic acids is 1. The third kappa shape index (κ3) is 5.32. The van der Waals surface area contributed by atoms with Crippen LogP contribution in [0.4, 0.5) is 23.1 Å². The van der Waals surface area contributed by atoms with Gasteiger partial charge in [-0.05, 0) is 49.6 Å². The smallest absolute Gasteiger partial charge is 0.255 e. The Balaban J connectivity index is 1.35. The van der Waals surface area contributed by atoms with E-state index in [1.54, 1.807) is 29.1 Å². The maximum Gasteiger partial charge on any atom is 0.255 e. The van der Waals surface area contributed by atoms with Gasteiger partial charge in [-0.1, -0.05) is 26.8 Å². The number of nitrogens with one attached hydrogen (secondary N) is 3. The highest BCUT2D eigenvalue weighted by molar-refractivity contribution is 6.05. The molecule has 0 saturated heterocycles. The lowest BCUT2D eigenvalue weighted by molar-refractivity contribution is 0.102. The van der Waals surface area contributed by atoms with E-state index in [0.29, 0.717) is 29.1 Å². The molecular weight excluding hydrogens is 454 g/mol. The Kier molecular flexibility index (Phi) is 6.09. The molecule has 1 aromatic carbocycles. The summed E-state index contributed by atoms with van der Waals surface area (Å²) >= 11 is 0. The number of aromatic nitrogens is 6. The Hall–Kier alpha value is -4.34. The molecule has 0 aliphatic heterocycles. The monoisotopic (exact) mass is 483 g/mol. The lowest BCUT2D eigenvalue weighted by Crippen LogP contribution is -2.16. The van der Waals surface area contributed by atoms with Crippen molar-refractivity contribution in [2.24, 2.45) is 0 Å². The molecule has 3 heterocycles. The van der Waals surface area contributed by atoms with Crippen molar-refractivity contribution in [1.29, 1.82) is 0 Å². The molecule has 4 aromatic rings. The molecule has 0 bridgehead atoms. The Labute approximate surface area is 209 Å². The number of nitrogens with zero attached hydrogens (tertiary/aromatic N) is 6. The van der Waals surface area contributed by atoms with E-state index in [1.807, 2.05) is 25.1 Å². The number of amides is 1. The van der Waals surface area contributed by atoms with Crippen molar-refractivity contribution in [3.8, 4) is 5.82 Å². The van der Waals surface area contributed by atoms with E-state index in [0.717, 1.165) is 35.6 Å². The van der Waals surface area contributed by atoms with Gasteiger partial charge in [-0.3, -0.25) is 9.78 Å². The Morgan fingerprint density at radius 2 is 1.83 bits per heavy atom. The first-order valence-corrected chi connectivity index (χ1v) is 11.9. The van der Waals surface area contributed by atoms with Gasteiger partial charge in [-0.2, -0.15) is 14.8 Å². The van der Waals surface area contributed by atoms with Crippen LogP contribution in [0.5, 0.6) is 0 Å². The van der Waals surface area contributed by atoms with Gasteiger partial charge in [-0.25, -0.2) is 9.97 Å². The molecule has 0 unspecified atom stereocenters. The first-order valence-electron chi connectivity index (χ1n) is 11.9. The van der Waals surface area contributed by atoms with Crippen molar-refractivity contribution in [3.63, 3.8) is 0 Å². The third-order valence-corrected chi connectivity index (χ3v) is 5.88. The summed E-state index contributed by atoms with van der Waals surface area (Å²) in [6.45, 7) is 8.22. The van der Waals surface area contributed by atoms with Crippen LogP contribution in [-0.4, -0.2) is 41.7 Å². The van der Waals surface area contributed by atoms with Crippen molar-refractivity contribution in [1.82, 2.24) is 29.7 Å². The van der Waals surface area contributed by atoms with Crippen LogP contribution in [0.2, 0.25) is 0 Å². The van der Waals surface area contributed by atoms with E-state index in [2.05, 4.69) is 61.8 Å². The van der Waals surface area contributed by atoms with Crippen molar-refractivity contribution in [2.75, 3.05) is 16.0 Å². The van der Waals surface area contributed by atoms with Crippen LogP contribution in [0.1, 0.15) is 55.2 Å². The minimum absolute atomic E-state index is 0.115. The molecule has 10 heteroatoms. The van der Waals surface area contributed by atoms with Crippen LogP contribution < -0.4 is 16.0 Å². The SMILES string of the molecule is Cc1ccc(C(=O)Nc2ccnc(C(C)(C)C)c2)cc1Nc1ncnn1-c1cc(NC2CC2)ncn1. The van der Waals surface area contributed by atoms with E-state index >= 15 is 0 Å². The number of rotatable bonds is 7. The largest absolute Gasteiger partial charge is 0.367 e. The van der Waals surface area contributed by atoms with Crippen molar-refractivity contribution in [2.45, 2.75) is 52.0 Å². The summed E-state index contributed by atoms with van der Waals surface area (Å²) in [6, 6.07) is 11.5. The van der Waals surface area contributed by atoms with Crippen LogP contribution in [0.3, 0.4) is 0 Å². The summed E-state index contributed by atoms with van der Waals surface area (Å²) < 4.78 is 1.61. The van der Waals surface area contributed by atoms with E-state index in [4.69, 9.17) is 0 Å². The number of carbonyl (C=O) groups is 1. The van der Waals surface area contributed by atoms with Crippen LogP contribution >= 0.6 is 0 Å². The summed E-state index contributed by atoms with van der Waals surface area (Å²) in [6.07, 6.45) is 6.98. The number of pyridine rings is 1. The van der Waals surface area contributed by atoms with Gasteiger partial charge in [0.15, 0.2) is 5.82 Å². The normalized spacial score (nSPS) is 13.3. The average Bonchev–Trinajstić information content (AvgIpc) is 3.54. The predicted octanol–water partition coefficient (Wildman–Crippen LogP) is 4.63. The van der Waals surface area contributed by atoms with Crippen molar-refractivity contribution >= 4 is 29.0 Å². The van der Waals surface area contributed by atoms with Crippen LogP contribution in [0, 0.1) is 6.92 Å². The molecule has 1 saturated carbocycles. The fraction of sp³-hybridized carbons (Fsp3) is 0.308. The van der Waals surface area contributed by atoms with Gasteiger partial charge >= 0.3 is 0 Å². The van der Waals surface area contributed by atoms with Crippen LogP contribution in [-0.2, 0) is 5.41 Å². The molecule has 1 aliphatic rings. The van der Waals surface area contributed by atoms with Crippen molar-refractivity contribution < 1.29 is 4.79 Å². The molecule has 10 nitrogen and oxygen atoms in total. The molecule has 0 atom stereocenters. The summed E-state index contributed by atoms with van der Waals surface area (Å²) in [4.78, 5) is 30.5. The molecule has 184 valence electrons. The van der Waals surface area contributed by atoms with Gasteiger partial charge < -0.3 is 16.0 Å². The van der Waals surface area contributed by atoms with E-state index in [-0.39, 0.29) is 11.3 Å². The maximum absolute atomic E-state index is 13.0. The molecule has 1 fully saturated rings. The second kappa shape index (κ2) is 9.37. The van der Waals surface area contributed by atoms with E-state index in [9.17, 15) is 4.79 Å². The highest BCUT2D eigenvalue weighted by Crippen LogP contribution is 2.26. The highest BCUT2D eigenvalue weighted by atomic mass is 16.1. The zero-order chi connectivity index (χ0) is 25.3. The minimum atomic E-state index is -0.211. The summed E-state index contributed by atoms with van der Waals surface area (Å²) in [5, 5.41) is 14.0. The minimum Gasteiger partial charge on any atom is -0.367 e. The second-order valence-electron chi connectivity index (χ2n) is 9.96.